The first-order valence-corrected chi connectivity index (χ1v) is 15.3. The smallest absolute Gasteiger partial charge is 0.206 e. The Balaban J connectivity index is 0.00000267. The maximum atomic E-state index is 7.31. The molecule has 4 heterocycles. The summed E-state index contributed by atoms with van der Waals surface area (Å²) in [5, 5.41) is 8.92. The van der Waals surface area contributed by atoms with E-state index in [4.69, 9.17) is 14.3 Å². The van der Waals surface area contributed by atoms with Crippen LogP contribution >= 0.6 is 10.9 Å². The molecule has 2 radical (unpaired) electrons. The van der Waals surface area contributed by atoms with Crippen molar-refractivity contribution in [2.75, 3.05) is 4.31 Å². The molecule has 0 aliphatic carbocycles. The van der Waals surface area contributed by atoms with Gasteiger partial charge in [0, 0.05) is 34.9 Å². The predicted molar refractivity (Wildman–Crippen MR) is 170 cm³/mol. The molecule has 9 heteroatoms. The van der Waals surface area contributed by atoms with Crippen LogP contribution < -0.4 is 14.2 Å². The zero-order valence-corrected chi connectivity index (χ0v) is 25.3. The van der Waals surface area contributed by atoms with Gasteiger partial charge in [0.25, 0.3) is 0 Å². The minimum absolute atomic E-state index is 0. The number of anilines is 2. The van der Waals surface area contributed by atoms with E-state index in [1.807, 2.05) is 12.1 Å². The van der Waals surface area contributed by atoms with Crippen LogP contribution in [0.2, 0.25) is 5.82 Å². The van der Waals surface area contributed by atoms with Crippen LogP contribution in [0.4, 0.5) is 11.4 Å². The molecular weight excluding hydrogens is 576 g/mol. The van der Waals surface area contributed by atoms with E-state index >= 15 is 0 Å². The third kappa shape index (κ3) is 3.26. The van der Waals surface area contributed by atoms with Gasteiger partial charge in [-0.05, 0) is 41.8 Å². The van der Waals surface area contributed by atoms with Gasteiger partial charge < -0.3 is 4.18 Å². The normalized spacial score (nSPS) is 18.1. The minimum atomic E-state index is -2.54. The maximum absolute atomic E-state index is 7.31. The monoisotopic (exact) mass is 601 g/mol. The Hall–Kier alpha value is -4.10. The Morgan fingerprint density at radius 3 is 2.29 bits per heavy atom. The molecule has 0 N–H and O–H groups in total. The van der Waals surface area contributed by atoms with Gasteiger partial charge in [0.1, 0.15) is 11.4 Å². The van der Waals surface area contributed by atoms with Crippen LogP contribution in [0.25, 0.3) is 44.0 Å². The number of nitrogens with zero attached hydrogens (tertiary/aromatic N) is 5. The second-order valence-corrected chi connectivity index (χ2v) is 13.1. The fourth-order valence-corrected chi connectivity index (χ4v) is 9.55. The fourth-order valence-electron chi connectivity index (χ4n) is 6.29. The van der Waals surface area contributed by atoms with Gasteiger partial charge >= 0.3 is 0 Å². The minimum Gasteiger partial charge on any atom is -0.393 e. The van der Waals surface area contributed by atoms with Crippen LogP contribution in [-0.4, -0.2) is 25.4 Å². The SMILES string of the molecule is CC(C)[B]c1nc2ccc3ccc4c(-c5ccccc5)nn5c4c3c2n1S51Oc2ccccc2N1c1ccccc1.[V]. The molecule has 0 saturated heterocycles. The standard InChI is InChI=1S/C33H25BN5OS.V/c1-21(2)34-33-35-26-20-18-22-17-19-25-30(23-11-5-3-6-12-23)36-39-31(25)29(22)32(26)38(33)41(39)37(24-13-7-4-8-14-24)27-15-9-10-16-28(27)40-41;/h3-21H,1-2H3;. The first kappa shape index (κ1) is 25.6. The molecular formula is C33H25BN5OSV. The summed E-state index contributed by atoms with van der Waals surface area (Å²) in [7, 11) is -0.299. The van der Waals surface area contributed by atoms with Gasteiger partial charge in [0.15, 0.2) is 16.6 Å². The number of aromatic nitrogens is 4. The van der Waals surface area contributed by atoms with Crippen molar-refractivity contribution >= 4 is 68.0 Å². The zero-order chi connectivity index (χ0) is 27.3. The van der Waals surface area contributed by atoms with E-state index in [0.717, 1.165) is 61.4 Å². The van der Waals surface area contributed by atoms with Crippen LogP contribution in [0.15, 0.2) is 109 Å². The summed E-state index contributed by atoms with van der Waals surface area (Å²) in [6, 6.07) is 38.1. The van der Waals surface area contributed by atoms with Crippen molar-refractivity contribution in [3.8, 4) is 17.0 Å². The first-order chi connectivity index (χ1) is 20.1. The van der Waals surface area contributed by atoms with Crippen LogP contribution in [-0.2, 0) is 18.6 Å². The molecule has 0 bridgehead atoms. The second kappa shape index (κ2) is 9.20. The van der Waals surface area contributed by atoms with Crippen molar-refractivity contribution in [1.29, 1.82) is 0 Å². The second-order valence-electron chi connectivity index (χ2n) is 10.9. The summed E-state index contributed by atoms with van der Waals surface area (Å²) in [6.07, 6.45) is 0. The number of fused-ring (bicyclic) bond motifs is 3. The molecule has 9 rings (SSSR count). The number of hydrogen-bond donors (Lipinski definition) is 0. The number of benzene rings is 5. The third-order valence-corrected chi connectivity index (χ3v) is 10.7. The molecule has 2 aliphatic heterocycles. The van der Waals surface area contributed by atoms with E-state index < -0.39 is 10.9 Å². The molecule has 5 aromatic carbocycles. The van der Waals surface area contributed by atoms with Crippen molar-refractivity contribution in [2.45, 2.75) is 19.7 Å². The fraction of sp³-hybridized carbons (Fsp3) is 0.0909. The number of imidazole rings is 1. The van der Waals surface area contributed by atoms with Gasteiger partial charge in [0.2, 0.25) is 7.28 Å². The molecule has 0 fully saturated rings. The molecule has 1 atom stereocenters. The van der Waals surface area contributed by atoms with E-state index in [9.17, 15) is 0 Å². The average Bonchev–Trinajstić information content (AvgIpc) is 3.67. The molecule has 2 aliphatic rings. The van der Waals surface area contributed by atoms with Crippen LogP contribution in [0.3, 0.4) is 0 Å². The van der Waals surface area contributed by atoms with Crippen LogP contribution in [0.1, 0.15) is 13.8 Å². The Labute approximate surface area is 258 Å². The molecule has 2 aromatic heterocycles. The van der Waals surface area contributed by atoms with Gasteiger partial charge in [-0.1, -0.05) is 92.5 Å². The van der Waals surface area contributed by atoms with E-state index in [1.54, 1.807) is 0 Å². The summed E-state index contributed by atoms with van der Waals surface area (Å²) in [6.45, 7) is 4.39. The molecule has 1 unspecified atom stereocenters. The largest absolute Gasteiger partial charge is 0.393 e. The molecule has 42 heavy (non-hydrogen) atoms. The molecule has 0 saturated carbocycles. The summed E-state index contributed by atoms with van der Waals surface area (Å²) >= 11 is 0. The maximum Gasteiger partial charge on any atom is 0.206 e. The van der Waals surface area contributed by atoms with Crippen molar-refractivity contribution in [3.05, 3.63) is 109 Å². The third-order valence-electron chi connectivity index (χ3n) is 7.90. The zero-order valence-electron chi connectivity index (χ0n) is 23.0. The van der Waals surface area contributed by atoms with Crippen molar-refractivity contribution in [2.24, 2.45) is 0 Å². The van der Waals surface area contributed by atoms with Gasteiger partial charge in [-0.15, -0.1) is 0 Å². The van der Waals surface area contributed by atoms with Gasteiger partial charge in [0.05, 0.1) is 28.0 Å². The van der Waals surface area contributed by atoms with Gasteiger partial charge in [-0.25, -0.2) is 13.3 Å². The Bertz CT molecular complexity index is 2160. The molecule has 7 aromatic rings. The number of para-hydroxylation sites is 3. The topological polar surface area (TPSA) is 48.1 Å². The van der Waals surface area contributed by atoms with Gasteiger partial charge in [-0.3, -0.25) is 0 Å². The van der Waals surface area contributed by atoms with E-state index in [1.165, 1.54) is 5.39 Å². The predicted octanol–water partition coefficient (Wildman–Crippen LogP) is 7.77. The average molecular weight is 601 g/mol. The van der Waals surface area contributed by atoms with E-state index in [2.05, 4.69) is 131 Å². The quantitative estimate of drug-likeness (QED) is 0.194. The number of hydrogen-bond acceptors (Lipinski definition) is 4. The first-order valence-electron chi connectivity index (χ1n) is 13.9. The van der Waals surface area contributed by atoms with Crippen molar-refractivity contribution in [1.82, 2.24) is 18.1 Å². The van der Waals surface area contributed by atoms with Gasteiger partial charge in [-0.2, -0.15) is 9.19 Å². The Morgan fingerprint density at radius 2 is 1.50 bits per heavy atom. The Morgan fingerprint density at radius 1 is 0.786 bits per heavy atom. The van der Waals surface area contributed by atoms with Crippen molar-refractivity contribution in [3.63, 3.8) is 0 Å². The summed E-state index contributed by atoms with van der Waals surface area (Å²) in [5.41, 5.74) is 8.12. The van der Waals surface area contributed by atoms with Crippen molar-refractivity contribution < 1.29 is 22.7 Å². The summed E-state index contributed by atoms with van der Waals surface area (Å²) in [5.74, 6) is 1.12. The number of rotatable bonds is 4. The summed E-state index contributed by atoms with van der Waals surface area (Å²) in [4.78, 5) is 5.23. The van der Waals surface area contributed by atoms with Crippen LogP contribution in [0, 0.1) is 0 Å². The van der Waals surface area contributed by atoms with E-state index in [0.29, 0.717) is 5.82 Å². The molecule has 0 amide bonds. The Kier molecular flexibility index (Phi) is 5.61. The van der Waals surface area contributed by atoms with E-state index in [-0.39, 0.29) is 18.6 Å². The molecule has 202 valence electrons. The summed E-state index contributed by atoms with van der Waals surface area (Å²) < 4.78 is 14.2. The molecule has 6 nitrogen and oxygen atoms in total. The van der Waals surface area contributed by atoms with Crippen LogP contribution in [0.5, 0.6) is 5.75 Å². The molecule has 1 spiro atoms.